The number of carbonyl (C=O) groups is 1. The van der Waals surface area contributed by atoms with E-state index in [1.807, 2.05) is 0 Å². The van der Waals surface area contributed by atoms with Crippen molar-refractivity contribution in [3.63, 3.8) is 0 Å². The molecule has 3 nitrogen and oxygen atoms in total. The molecule has 1 heterocycles. The number of rotatable bonds is 1. The predicted molar refractivity (Wildman–Crippen MR) is 44.9 cm³/mol. The van der Waals surface area contributed by atoms with Crippen LogP contribution >= 0.6 is 0 Å². The molecule has 13 heavy (non-hydrogen) atoms. The number of carboxylic acid groups (broad SMARTS) is 1. The second-order valence-corrected chi connectivity index (χ2v) is 4.13. The van der Waals surface area contributed by atoms with Gasteiger partial charge in [0.2, 0.25) is 0 Å². The van der Waals surface area contributed by atoms with Gasteiger partial charge in [-0.1, -0.05) is 19.3 Å². The summed E-state index contributed by atoms with van der Waals surface area (Å²) in [6, 6.07) is 0. The van der Waals surface area contributed by atoms with Crippen molar-refractivity contribution in [3.8, 4) is 0 Å². The van der Waals surface area contributed by atoms with Crippen LogP contribution in [0.2, 0.25) is 0 Å². The number of carbonyl (C=O) groups excluding carboxylic acids is 1. The molecule has 0 bridgehead atoms. The monoisotopic (exact) mass is 183 g/mol. The van der Waals surface area contributed by atoms with Crippen molar-refractivity contribution in [3.05, 3.63) is 0 Å². The Balaban J connectivity index is 2.13. The van der Waals surface area contributed by atoms with E-state index < -0.39 is 5.97 Å². The predicted octanol–water partition coefficient (Wildman–Crippen LogP) is 0.476. The van der Waals surface area contributed by atoms with Crippen LogP contribution in [-0.4, -0.2) is 18.2 Å². The van der Waals surface area contributed by atoms with Gasteiger partial charge in [-0.25, -0.2) is 0 Å². The van der Waals surface area contributed by atoms with Crippen molar-refractivity contribution < 1.29 is 14.6 Å². The lowest BCUT2D eigenvalue weighted by atomic mass is 9.76. The molecule has 0 aromatic carbocycles. The van der Waals surface area contributed by atoms with E-state index in [-0.39, 0.29) is 11.5 Å². The Morgan fingerprint density at radius 2 is 2.00 bits per heavy atom. The van der Waals surface area contributed by atoms with E-state index in [4.69, 9.17) is 4.74 Å². The molecule has 2 fully saturated rings. The first-order chi connectivity index (χ1) is 6.25. The van der Waals surface area contributed by atoms with Gasteiger partial charge in [0, 0.05) is 18.5 Å². The Morgan fingerprint density at radius 3 is 2.62 bits per heavy atom. The summed E-state index contributed by atoms with van der Waals surface area (Å²) in [7, 11) is 0. The van der Waals surface area contributed by atoms with Gasteiger partial charge < -0.3 is 14.6 Å². The highest BCUT2D eigenvalue weighted by Gasteiger charge is 2.45. The molecule has 1 atom stereocenters. The van der Waals surface area contributed by atoms with Crippen molar-refractivity contribution in [1.29, 1.82) is 0 Å². The lowest BCUT2D eigenvalue weighted by Gasteiger charge is -2.38. The van der Waals surface area contributed by atoms with E-state index >= 15 is 0 Å². The molecule has 1 aliphatic carbocycles. The number of hydrogen-bond donors (Lipinski definition) is 0. The lowest BCUT2D eigenvalue weighted by Crippen LogP contribution is -2.46. The summed E-state index contributed by atoms with van der Waals surface area (Å²) in [4.78, 5) is 10.9. The first-order valence-corrected chi connectivity index (χ1v) is 5.09. The minimum atomic E-state index is -0.917. The third-order valence-corrected chi connectivity index (χ3v) is 3.42. The Hall–Kier alpha value is -0.570. The third-order valence-electron chi connectivity index (χ3n) is 3.42. The van der Waals surface area contributed by atoms with Crippen LogP contribution in [0.15, 0.2) is 0 Å². The van der Waals surface area contributed by atoms with Gasteiger partial charge in [-0.2, -0.15) is 0 Å². The molecule has 1 unspecified atom stereocenters. The van der Waals surface area contributed by atoms with Crippen molar-refractivity contribution >= 4 is 5.97 Å². The molecule has 0 aromatic heterocycles. The number of ether oxygens (including phenoxy) is 1. The van der Waals surface area contributed by atoms with Crippen LogP contribution in [0.1, 0.15) is 38.5 Å². The Morgan fingerprint density at radius 1 is 1.31 bits per heavy atom. The Labute approximate surface area is 78.1 Å². The van der Waals surface area contributed by atoms with Gasteiger partial charge >= 0.3 is 0 Å². The number of hydrogen-bond acceptors (Lipinski definition) is 3. The van der Waals surface area contributed by atoms with E-state index in [1.54, 1.807) is 0 Å². The molecular weight excluding hydrogens is 168 g/mol. The smallest absolute Gasteiger partial charge is 0.0763 e. The minimum absolute atomic E-state index is 0.350. The maximum atomic E-state index is 10.9. The maximum Gasteiger partial charge on any atom is 0.0763 e. The molecular formula is C10H15O3-. The first kappa shape index (κ1) is 9.00. The Bertz CT molecular complexity index is 206. The molecule has 0 N–H and O–H groups in total. The highest BCUT2D eigenvalue weighted by Crippen LogP contribution is 2.43. The fourth-order valence-electron chi connectivity index (χ4n) is 2.72. The Kier molecular flexibility index (Phi) is 2.28. The highest BCUT2D eigenvalue weighted by molar-refractivity contribution is 5.69. The van der Waals surface area contributed by atoms with Gasteiger partial charge in [-0.15, -0.1) is 0 Å². The molecule has 0 aromatic rings. The average molecular weight is 183 g/mol. The minimum Gasteiger partial charge on any atom is -0.550 e. The summed E-state index contributed by atoms with van der Waals surface area (Å²) in [5.41, 5.74) is -0.350. The van der Waals surface area contributed by atoms with Gasteiger partial charge in [0.25, 0.3) is 0 Å². The topological polar surface area (TPSA) is 49.4 Å². The molecule has 1 spiro atoms. The molecule has 0 amide bonds. The SMILES string of the molecule is O=C([O-])C1CCOC12CCCCC2. The molecule has 2 aliphatic rings. The number of aliphatic carboxylic acids is 1. The van der Waals surface area contributed by atoms with Crippen molar-refractivity contribution in [1.82, 2.24) is 0 Å². The quantitative estimate of drug-likeness (QED) is 0.594. The van der Waals surface area contributed by atoms with Crippen LogP contribution in [0.3, 0.4) is 0 Å². The molecule has 2 rings (SSSR count). The van der Waals surface area contributed by atoms with E-state index in [2.05, 4.69) is 0 Å². The first-order valence-electron chi connectivity index (χ1n) is 5.09. The van der Waals surface area contributed by atoms with E-state index in [9.17, 15) is 9.90 Å². The molecule has 1 aliphatic heterocycles. The second kappa shape index (κ2) is 3.29. The van der Waals surface area contributed by atoms with Crippen LogP contribution < -0.4 is 5.11 Å². The van der Waals surface area contributed by atoms with Crippen LogP contribution in [-0.2, 0) is 9.53 Å². The number of carboxylic acids is 1. The third kappa shape index (κ3) is 1.46. The summed E-state index contributed by atoms with van der Waals surface area (Å²) in [6.07, 6.45) is 5.87. The summed E-state index contributed by atoms with van der Waals surface area (Å²) < 4.78 is 5.63. The summed E-state index contributed by atoms with van der Waals surface area (Å²) in [6.45, 7) is 0.596. The molecule has 74 valence electrons. The highest BCUT2D eigenvalue weighted by atomic mass is 16.5. The normalized spacial score (nSPS) is 32.2. The van der Waals surface area contributed by atoms with Crippen molar-refractivity contribution in [2.24, 2.45) is 5.92 Å². The molecule has 3 heteroatoms. The zero-order valence-corrected chi connectivity index (χ0v) is 7.75. The van der Waals surface area contributed by atoms with Gasteiger partial charge in [0.15, 0.2) is 0 Å². The summed E-state index contributed by atoms with van der Waals surface area (Å²) in [5, 5.41) is 10.9. The largest absolute Gasteiger partial charge is 0.550 e. The van der Waals surface area contributed by atoms with E-state index in [0.29, 0.717) is 13.0 Å². The van der Waals surface area contributed by atoms with Gasteiger partial charge in [-0.3, -0.25) is 0 Å². The van der Waals surface area contributed by atoms with E-state index in [1.165, 1.54) is 6.42 Å². The van der Waals surface area contributed by atoms with Crippen LogP contribution in [0.5, 0.6) is 0 Å². The zero-order valence-electron chi connectivity index (χ0n) is 7.75. The fraction of sp³-hybridized carbons (Fsp3) is 0.900. The maximum absolute atomic E-state index is 10.9. The van der Waals surface area contributed by atoms with Gasteiger partial charge in [-0.05, 0) is 19.3 Å². The van der Waals surface area contributed by atoms with Crippen molar-refractivity contribution in [2.45, 2.75) is 44.1 Å². The van der Waals surface area contributed by atoms with Crippen LogP contribution in [0, 0.1) is 5.92 Å². The molecule has 0 radical (unpaired) electrons. The second-order valence-electron chi connectivity index (χ2n) is 4.13. The van der Waals surface area contributed by atoms with E-state index in [0.717, 1.165) is 25.7 Å². The zero-order chi connectivity index (χ0) is 9.31. The molecule has 1 saturated carbocycles. The van der Waals surface area contributed by atoms with Gasteiger partial charge in [0.1, 0.15) is 0 Å². The molecule has 1 saturated heterocycles. The summed E-state index contributed by atoms with van der Waals surface area (Å²) in [5.74, 6) is -1.27. The standard InChI is InChI=1S/C10H16O3/c11-9(12)8-4-7-13-10(8)5-2-1-3-6-10/h8H,1-7H2,(H,11,12)/p-1. The lowest BCUT2D eigenvalue weighted by molar-refractivity contribution is -0.315. The van der Waals surface area contributed by atoms with Crippen LogP contribution in [0.4, 0.5) is 0 Å². The summed E-state index contributed by atoms with van der Waals surface area (Å²) >= 11 is 0. The average Bonchev–Trinajstić information content (AvgIpc) is 2.50. The van der Waals surface area contributed by atoms with Crippen LogP contribution in [0.25, 0.3) is 0 Å². The van der Waals surface area contributed by atoms with Crippen molar-refractivity contribution in [2.75, 3.05) is 6.61 Å². The van der Waals surface area contributed by atoms with Gasteiger partial charge in [0.05, 0.1) is 5.60 Å². The fourth-order valence-corrected chi connectivity index (χ4v) is 2.72.